The lowest BCUT2D eigenvalue weighted by molar-refractivity contribution is 1.10. The highest BCUT2D eigenvalue weighted by Gasteiger charge is 2.12. The van der Waals surface area contributed by atoms with Crippen LogP contribution in [0.1, 0.15) is 12.8 Å². The van der Waals surface area contributed by atoms with E-state index < -0.39 is 0 Å². The van der Waals surface area contributed by atoms with Crippen LogP contribution in [0.2, 0.25) is 0 Å². The molecule has 0 unspecified atom stereocenters. The third kappa shape index (κ3) is 0.707. The van der Waals surface area contributed by atoms with E-state index in [2.05, 4.69) is 22.1 Å². The topological polar surface area (TPSA) is 24.7 Å². The molecule has 0 aromatic heterocycles. The van der Waals surface area contributed by atoms with E-state index in [1.54, 1.807) is 0 Å². The minimum atomic E-state index is 0.673. The van der Waals surface area contributed by atoms with Crippen molar-refractivity contribution < 1.29 is 0 Å². The first-order chi connectivity index (χ1) is 4.47. The van der Waals surface area contributed by atoms with Gasteiger partial charge in [0.2, 0.25) is 0 Å². The number of hydrogen-bond donors (Lipinski definition) is 0. The molecule has 0 saturated heterocycles. The van der Waals surface area contributed by atoms with E-state index in [9.17, 15) is 0 Å². The minimum Gasteiger partial charge on any atom is -0.264 e. The highest BCUT2D eigenvalue weighted by Crippen LogP contribution is 2.10. The molecule has 0 bridgehead atoms. The van der Waals surface area contributed by atoms with Crippen molar-refractivity contribution in [2.24, 2.45) is 9.98 Å². The van der Waals surface area contributed by atoms with Gasteiger partial charge in [-0.2, -0.15) is 0 Å². The van der Waals surface area contributed by atoms with E-state index in [0.717, 1.165) is 12.8 Å². The average Bonchev–Trinajstić information content (AvgIpc) is 2.33. The molecule has 0 radical (unpaired) electrons. The van der Waals surface area contributed by atoms with Gasteiger partial charge in [0.15, 0.2) is 0 Å². The van der Waals surface area contributed by atoms with Crippen molar-refractivity contribution >= 4 is 11.4 Å². The summed E-state index contributed by atoms with van der Waals surface area (Å²) in [4.78, 5) is 8.44. The van der Waals surface area contributed by atoms with Gasteiger partial charge in [0, 0.05) is 12.8 Å². The molecule has 9 heavy (non-hydrogen) atoms. The van der Waals surface area contributed by atoms with Crippen LogP contribution in [-0.4, -0.2) is 18.1 Å². The molecule has 0 fully saturated rings. The zero-order valence-corrected chi connectivity index (χ0v) is 5.17. The smallest absolute Gasteiger partial charge is 0.130 e. The van der Waals surface area contributed by atoms with Crippen molar-refractivity contribution in [3.05, 3.63) is 12.2 Å². The number of fused-ring (bicyclic) bond motifs is 1. The van der Waals surface area contributed by atoms with Crippen LogP contribution >= 0.6 is 0 Å². The molecule has 0 saturated carbocycles. The SMILES string of the molecule is C1=CCC2=NCN=C2C1. The summed E-state index contributed by atoms with van der Waals surface area (Å²) >= 11 is 0. The van der Waals surface area contributed by atoms with E-state index >= 15 is 0 Å². The van der Waals surface area contributed by atoms with E-state index in [0.29, 0.717) is 6.67 Å². The molecule has 1 heterocycles. The number of allylic oxidation sites excluding steroid dienone is 2. The Hall–Kier alpha value is -0.920. The number of hydrogen-bond acceptors (Lipinski definition) is 2. The molecule has 2 nitrogen and oxygen atoms in total. The Bertz CT molecular complexity index is 189. The third-order valence-electron chi connectivity index (χ3n) is 1.65. The Morgan fingerprint density at radius 3 is 2.11 bits per heavy atom. The minimum absolute atomic E-state index is 0.673. The molecule has 2 rings (SSSR count). The third-order valence-corrected chi connectivity index (χ3v) is 1.65. The van der Waals surface area contributed by atoms with E-state index in [-0.39, 0.29) is 0 Å². The average molecular weight is 120 g/mol. The molecular formula is C7H8N2. The second-order valence-corrected chi connectivity index (χ2v) is 2.23. The zero-order valence-electron chi connectivity index (χ0n) is 5.17. The van der Waals surface area contributed by atoms with Crippen molar-refractivity contribution in [3.63, 3.8) is 0 Å². The Kier molecular flexibility index (Phi) is 0.979. The molecule has 0 aromatic rings. The second kappa shape index (κ2) is 1.79. The summed E-state index contributed by atoms with van der Waals surface area (Å²) in [6.45, 7) is 0.673. The van der Waals surface area contributed by atoms with Gasteiger partial charge in [-0.15, -0.1) is 0 Å². The van der Waals surface area contributed by atoms with E-state index in [1.807, 2.05) is 0 Å². The summed E-state index contributed by atoms with van der Waals surface area (Å²) in [5.41, 5.74) is 2.41. The van der Waals surface area contributed by atoms with Crippen LogP contribution in [0.5, 0.6) is 0 Å². The highest BCUT2D eigenvalue weighted by molar-refractivity contribution is 6.44. The molecular weight excluding hydrogens is 112 g/mol. The van der Waals surface area contributed by atoms with Crippen molar-refractivity contribution in [3.8, 4) is 0 Å². The van der Waals surface area contributed by atoms with Crippen LogP contribution in [-0.2, 0) is 0 Å². The summed E-state index contributed by atoms with van der Waals surface area (Å²) < 4.78 is 0. The number of aliphatic imine (C=N–C) groups is 2. The Balaban J connectivity index is 2.35. The first kappa shape index (κ1) is 4.91. The van der Waals surface area contributed by atoms with Crippen molar-refractivity contribution in [1.29, 1.82) is 0 Å². The number of nitrogens with zero attached hydrogens (tertiary/aromatic N) is 2. The first-order valence-corrected chi connectivity index (χ1v) is 3.19. The van der Waals surface area contributed by atoms with Gasteiger partial charge >= 0.3 is 0 Å². The molecule has 0 atom stereocenters. The molecule has 0 spiro atoms. The van der Waals surface area contributed by atoms with Gasteiger partial charge in [-0.05, 0) is 0 Å². The van der Waals surface area contributed by atoms with Crippen LogP contribution in [0.15, 0.2) is 22.1 Å². The van der Waals surface area contributed by atoms with Crippen LogP contribution < -0.4 is 0 Å². The molecule has 2 aliphatic rings. The lowest BCUT2D eigenvalue weighted by Crippen LogP contribution is -2.11. The fraction of sp³-hybridized carbons (Fsp3) is 0.429. The van der Waals surface area contributed by atoms with Crippen molar-refractivity contribution in [2.45, 2.75) is 12.8 Å². The maximum absolute atomic E-state index is 4.22. The van der Waals surface area contributed by atoms with E-state index in [4.69, 9.17) is 0 Å². The van der Waals surface area contributed by atoms with Gasteiger partial charge in [-0.3, -0.25) is 9.98 Å². The normalized spacial score (nSPS) is 23.1. The fourth-order valence-corrected chi connectivity index (χ4v) is 1.14. The summed E-state index contributed by atoms with van der Waals surface area (Å²) in [6.07, 6.45) is 6.31. The lowest BCUT2D eigenvalue weighted by Gasteiger charge is -2.03. The molecule has 0 N–H and O–H groups in total. The van der Waals surface area contributed by atoms with Crippen LogP contribution in [0, 0.1) is 0 Å². The Morgan fingerprint density at radius 2 is 1.56 bits per heavy atom. The number of rotatable bonds is 0. The van der Waals surface area contributed by atoms with Gasteiger partial charge in [0.25, 0.3) is 0 Å². The largest absolute Gasteiger partial charge is 0.264 e. The predicted molar refractivity (Wildman–Crippen MR) is 38.1 cm³/mol. The maximum atomic E-state index is 4.22. The highest BCUT2D eigenvalue weighted by atomic mass is 15.0. The van der Waals surface area contributed by atoms with Gasteiger partial charge in [0.1, 0.15) is 6.67 Å². The molecule has 2 heteroatoms. The van der Waals surface area contributed by atoms with E-state index in [1.165, 1.54) is 11.4 Å². The molecule has 0 amide bonds. The second-order valence-electron chi connectivity index (χ2n) is 2.23. The molecule has 1 aliphatic carbocycles. The van der Waals surface area contributed by atoms with Gasteiger partial charge < -0.3 is 0 Å². The van der Waals surface area contributed by atoms with Crippen LogP contribution in [0.4, 0.5) is 0 Å². The van der Waals surface area contributed by atoms with Crippen molar-refractivity contribution in [2.75, 3.05) is 6.67 Å². The fourth-order valence-electron chi connectivity index (χ4n) is 1.14. The van der Waals surface area contributed by atoms with Gasteiger partial charge in [0.05, 0.1) is 11.4 Å². The first-order valence-electron chi connectivity index (χ1n) is 3.19. The summed E-state index contributed by atoms with van der Waals surface area (Å²) in [5, 5.41) is 0. The van der Waals surface area contributed by atoms with Crippen LogP contribution in [0.3, 0.4) is 0 Å². The molecule has 1 aliphatic heterocycles. The maximum Gasteiger partial charge on any atom is 0.130 e. The van der Waals surface area contributed by atoms with Crippen molar-refractivity contribution in [1.82, 2.24) is 0 Å². The summed E-state index contributed by atoms with van der Waals surface area (Å²) in [7, 11) is 0. The summed E-state index contributed by atoms with van der Waals surface area (Å²) in [6, 6.07) is 0. The zero-order chi connectivity index (χ0) is 6.10. The quantitative estimate of drug-likeness (QED) is 0.429. The van der Waals surface area contributed by atoms with Crippen LogP contribution in [0.25, 0.3) is 0 Å². The Morgan fingerprint density at radius 1 is 1.00 bits per heavy atom. The van der Waals surface area contributed by atoms with Gasteiger partial charge in [-0.1, -0.05) is 12.2 Å². The summed E-state index contributed by atoms with van der Waals surface area (Å²) in [5.74, 6) is 0. The molecule has 46 valence electrons. The molecule has 0 aromatic carbocycles. The predicted octanol–water partition coefficient (Wildman–Crippen LogP) is 1.19. The Labute approximate surface area is 54.0 Å². The monoisotopic (exact) mass is 120 g/mol. The van der Waals surface area contributed by atoms with Gasteiger partial charge in [-0.25, -0.2) is 0 Å². The standard InChI is InChI=1S/C7H8N2/c1-2-4-7-6(3-1)8-5-9-7/h1-2H,3-5H2. The lowest BCUT2D eigenvalue weighted by atomic mass is 10.0.